The topological polar surface area (TPSA) is 75.7 Å². The number of benzene rings is 2. The van der Waals surface area contributed by atoms with E-state index in [0.717, 1.165) is 21.7 Å². The van der Waals surface area contributed by atoms with Gasteiger partial charge in [-0.1, -0.05) is 30.3 Å². The number of hydrogen-bond donors (Lipinski definition) is 1. The molecule has 1 N–H and O–H groups in total. The third-order valence-electron chi connectivity index (χ3n) is 3.90. The van der Waals surface area contributed by atoms with E-state index >= 15 is 0 Å². The number of amides is 1. The van der Waals surface area contributed by atoms with Gasteiger partial charge in [-0.2, -0.15) is 0 Å². The Kier molecular flexibility index (Phi) is 6.49. The van der Waals surface area contributed by atoms with Crippen LogP contribution in [0.15, 0.2) is 42.5 Å². The van der Waals surface area contributed by atoms with E-state index in [1.54, 1.807) is 18.2 Å². The van der Waals surface area contributed by atoms with Gasteiger partial charge >= 0.3 is 0 Å². The first-order valence-electron chi connectivity index (χ1n) is 8.69. The zero-order valence-electron chi connectivity index (χ0n) is 16.3. The van der Waals surface area contributed by atoms with E-state index in [9.17, 15) is 13.2 Å². The zero-order valence-corrected chi connectivity index (χ0v) is 17.1. The molecular weight excluding hydrogens is 364 g/mol. The number of hydrogen-bond acceptors (Lipinski definition) is 4. The van der Waals surface area contributed by atoms with Crippen LogP contribution in [0, 0.1) is 13.8 Å². The molecule has 0 bridgehead atoms. The third kappa shape index (κ3) is 5.47. The minimum absolute atomic E-state index is 0.0508. The fraction of sp³-hybridized carbons (Fsp3) is 0.350. The Morgan fingerprint density at radius 2 is 1.67 bits per heavy atom. The van der Waals surface area contributed by atoms with Crippen LogP contribution in [0.5, 0.6) is 5.75 Å². The number of carbonyl (C=O) groups excluding carboxylic acids is 1. The van der Waals surface area contributed by atoms with Crippen LogP contribution in [0.2, 0.25) is 0 Å². The molecule has 27 heavy (non-hydrogen) atoms. The van der Waals surface area contributed by atoms with Gasteiger partial charge in [-0.15, -0.1) is 0 Å². The lowest BCUT2D eigenvalue weighted by Gasteiger charge is -2.25. The molecule has 0 saturated carbocycles. The van der Waals surface area contributed by atoms with Gasteiger partial charge in [0.25, 0.3) is 0 Å². The SMILES string of the molecule is Cc1cccc(C)c1N(CC(=O)Nc1ccccc1OC(C)C)S(C)(=O)=O. The summed E-state index contributed by atoms with van der Waals surface area (Å²) in [4.78, 5) is 12.6. The molecule has 0 aliphatic heterocycles. The first-order chi connectivity index (χ1) is 12.6. The molecule has 0 unspecified atom stereocenters. The molecule has 146 valence electrons. The predicted molar refractivity (Wildman–Crippen MR) is 109 cm³/mol. The number of ether oxygens (including phenoxy) is 1. The van der Waals surface area contributed by atoms with E-state index in [4.69, 9.17) is 4.74 Å². The van der Waals surface area contributed by atoms with E-state index in [2.05, 4.69) is 5.32 Å². The molecule has 0 saturated heterocycles. The molecule has 2 rings (SSSR count). The molecule has 2 aromatic rings. The summed E-state index contributed by atoms with van der Waals surface area (Å²) in [6.45, 7) is 7.12. The minimum Gasteiger partial charge on any atom is -0.489 e. The minimum atomic E-state index is -3.64. The highest BCUT2D eigenvalue weighted by atomic mass is 32.2. The number of nitrogens with one attached hydrogen (secondary N) is 1. The maximum Gasteiger partial charge on any atom is 0.245 e. The van der Waals surface area contributed by atoms with E-state index in [-0.39, 0.29) is 12.6 Å². The molecule has 0 radical (unpaired) electrons. The first-order valence-corrected chi connectivity index (χ1v) is 10.5. The summed E-state index contributed by atoms with van der Waals surface area (Å²) >= 11 is 0. The Bertz CT molecular complexity index is 903. The number of carbonyl (C=O) groups is 1. The van der Waals surface area contributed by atoms with Gasteiger partial charge < -0.3 is 10.1 Å². The molecule has 1 amide bonds. The zero-order chi connectivity index (χ0) is 20.2. The average molecular weight is 391 g/mol. The second-order valence-corrected chi connectivity index (χ2v) is 8.63. The molecule has 0 spiro atoms. The van der Waals surface area contributed by atoms with Crippen LogP contribution in [0.3, 0.4) is 0 Å². The summed E-state index contributed by atoms with van der Waals surface area (Å²) in [6.07, 6.45) is 1.05. The van der Waals surface area contributed by atoms with Crippen molar-refractivity contribution in [2.24, 2.45) is 0 Å². The molecule has 0 aliphatic carbocycles. The van der Waals surface area contributed by atoms with Gasteiger partial charge in [0.05, 0.1) is 23.7 Å². The number of nitrogens with zero attached hydrogens (tertiary/aromatic N) is 1. The summed E-state index contributed by atoms with van der Waals surface area (Å²) in [5, 5.41) is 2.76. The Morgan fingerprint density at radius 1 is 1.07 bits per heavy atom. The van der Waals surface area contributed by atoms with Crippen molar-refractivity contribution in [3.63, 3.8) is 0 Å². The highest BCUT2D eigenvalue weighted by Crippen LogP contribution is 2.28. The molecule has 7 heteroatoms. The van der Waals surface area contributed by atoms with Gasteiger partial charge in [0.15, 0.2) is 0 Å². The summed E-state index contributed by atoms with van der Waals surface area (Å²) in [5.41, 5.74) is 2.61. The van der Waals surface area contributed by atoms with E-state index in [1.807, 2.05) is 52.0 Å². The number of para-hydroxylation sites is 3. The van der Waals surface area contributed by atoms with Crippen molar-refractivity contribution in [2.75, 3.05) is 22.4 Å². The van der Waals surface area contributed by atoms with Gasteiger partial charge in [0.1, 0.15) is 12.3 Å². The van der Waals surface area contributed by atoms with Crippen molar-refractivity contribution in [1.29, 1.82) is 0 Å². The maximum absolute atomic E-state index is 12.6. The number of sulfonamides is 1. The van der Waals surface area contributed by atoms with Gasteiger partial charge in [-0.05, 0) is 51.0 Å². The van der Waals surface area contributed by atoms with Crippen molar-refractivity contribution in [3.8, 4) is 5.75 Å². The van der Waals surface area contributed by atoms with Gasteiger partial charge in [0, 0.05) is 0 Å². The molecular formula is C20H26N2O4S. The largest absolute Gasteiger partial charge is 0.489 e. The maximum atomic E-state index is 12.6. The lowest BCUT2D eigenvalue weighted by Crippen LogP contribution is -2.38. The van der Waals surface area contributed by atoms with Crippen molar-refractivity contribution >= 4 is 27.3 Å². The van der Waals surface area contributed by atoms with Crippen LogP contribution in [0.25, 0.3) is 0 Å². The average Bonchev–Trinajstić information content (AvgIpc) is 2.54. The van der Waals surface area contributed by atoms with Crippen molar-refractivity contribution in [2.45, 2.75) is 33.8 Å². The molecule has 0 fully saturated rings. The smallest absolute Gasteiger partial charge is 0.245 e. The van der Waals surface area contributed by atoms with Gasteiger partial charge in [-0.25, -0.2) is 8.42 Å². The Balaban J connectivity index is 2.29. The van der Waals surface area contributed by atoms with E-state index < -0.39 is 15.9 Å². The number of rotatable bonds is 7. The van der Waals surface area contributed by atoms with Crippen LogP contribution in [-0.4, -0.2) is 33.2 Å². The van der Waals surface area contributed by atoms with Crippen LogP contribution in [-0.2, 0) is 14.8 Å². The van der Waals surface area contributed by atoms with Crippen molar-refractivity contribution in [3.05, 3.63) is 53.6 Å². The Hall–Kier alpha value is -2.54. The van der Waals surface area contributed by atoms with Crippen LogP contribution in [0.1, 0.15) is 25.0 Å². The van der Waals surface area contributed by atoms with Crippen molar-refractivity contribution < 1.29 is 17.9 Å². The standard InChI is InChI=1S/C20H26N2O4S/c1-14(2)26-18-12-7-6-11-17(18)21-19(23)13-22(27(5,24)25)20-15(3)9-8-10-16(20)4/h6-12,14H,13H2,1-5H3,(H,21,23). The fourth-order valence-corrected chi connectivity index (χ4v) is 3.78. The summed E-state index contributed by atoms with van der Waals surface area (Å²) in [6, 6.07) is 12.6. The quantitative estimate of drug-likeness (QED) is 0.785. The van der Waals surface area contributed by atoms with Crippen LogP contribution >= 0.6 is 0 Å². The molecule has 6 nitrogen and oxygen atoms in total. The fourth-order valence-electron chi connectivity index (χ4n) is 2.81. The predicted octanol–water partition coefficient (Wildman–Crippen LogP) is 3.50. The summed E-state index contributed by atoms with van der Waals surface area (Å²) in [5.74, 6) is 0.0988. The number of aryl methyl sites for hydroxylation is 2. The monoisotopic (exact) mass is 390 g/mol. The summed E-state index contributed by atoms with van der Waals surface area (Å²) in [7, 11) is -3.64. The first kappa shape index (κ1) is 20.8. The number of anilines is 2. The van der Waals surface area contributed by atoms with Gasteiger partial charge in [0.2, 0.25) is 15.9 Å². The van der Waals surface area contributed by atoms with Crippen molar-refractivity contribution in [1.82, 2.24) is 0 Å². The van der Waals surface area contributed by atoms with E-state index in [1.165, 1.54) is 0 Å². The highest BCUT2D eigenvalue weighted by molar-refractivity contribution is 7.92. The Labute approximate surface area is 161 Å². The molecule has 0 aliphatic rings. The second kappa shape index (κ2) is 8.43. The highest BCUT2D eigenvalue weighted by Gasteiger charge is 2.24. The van der Waals surface area contributed by atoms with Crippen LogP contribution < -0.4 is 14.4 Å². The normalized spacial score (nSPS) is 11.3. The molecule has 0 atom stereocenters. The Morgan fingerprint density at radius 3 is 2.22 bits per heavy atom. The lowest BCUT2D eigenvalue weighted by atomic mass is 10.1. The molecule has 2 aromatic carbocycles. The van der Waals surface area contributed by atoms with Crippen LogP contribution in [0.4, 0.5) is 11.4 Å². The molecule has 0 aromatic heterocycles. The summed E-state index contributed by atoms with van der Waals surface area (Å²) < 4.78 is 31.5. The van der Waals surface area contributed by atoms with Gasteiger partial charge in [-0.3, -0.25) is 9.10 Å². The van der Waals surface area contributed by atoms with E-state index in [0.29, 0.717) is 17.1 Å². The third-order valence-corrected chi connectivity index (χ3v) is 5.01. The lowest BCUT2D eigenvalue weighted by molar-refractivity contribution is -0.114. The second-order valence-electron chi connectivity index (χ2n) is 6.72. The molecule has 0 heterocycles.